The van der Waals surface area contributed by atoms with Crippen molar-refractivity contribution in [1.29, 1.82) is 0 Å². The molecule has 0 saturated carbocycles. The van der Waals surface area contributed by atoms with E-state index in [0.29, 0.717) is 18.0 Å². The van der Waals surface area contributed by atoms with Gasteiger partial charge in [0.1, 0.15) is 11.5 Å². The molecule has 0 spiro atoms. The summed E-state index contributed by atoms with van der Waals surface area (Å²) in [6, 6.07) is 25.2. The van der Waals surface area contributed by atoms with Crippen LogP contribution >= 0.6 is 0 Å². The third-order valence-electron chi connectivity index (χ3n) is 4.31. The Bertz CT molecular complexity index is 822. The van der Waals surface area contributed by atoms with Crippen LogP contribution in [0.25, 0.3) is 0 Å². The van der Waals surface area contributed by atoms with Crippen LogP contribution < -0.4 is 20.9 Å². The van der Waals surface area contributed by atoms with Crippen LogP contribution in [0.15, 0.2) is 78.9 Å². The lowest BCUT2D eigenvalue weighted by Gasteiger charge is -2.17. The molecule has 0 radical (unpaired) electrons. The predicted octanol–water partition coefficient (Wildman–Crippen LogP) is 5.40. The number of benzene rings is 3. The van der Waals surface area contributed by atoms with Gasteiger partial charge in [0.2, 0.25) is 0 Å². The molecule has 0 heterocycles. The zero-order chi connectivity index (χ0) is 18.9. The third-order valence-corrected chi connectivity index (χ3v) is 4.31. The van der Waals surface area contributed by atoms with Gasteiger partial charge in [-0.1, -0.05) is 48.9 Å². The Hall–Kier alpha value is -2.82. The van der Waals surface area contributed by atoms with E-state index in [1.54, 1.807) is 0 Å². The van der Waals surface area contributed by atoms with E-state index in [9.17, 15) is 0 Å². The lowest BCUT2D eigenvalue weighted by atomic mass is 10.0. The maximum absolute atomic E-state index is 6.36. The Kier molecular flexibility index (Phi) is 6.85. The van der Waals surface area contributed by atoms with Crippen LogP contribution in [0.4, 0.5) is 0 Å². The summed E-state index contributed by atoms with van der Waals surface area (Å²) in [6.07, 6.45) is 2.88. The maximum Gasteiger partial charge on any atom is 0.170 e. The van der Waals surface area contributed by atoms with Gasteiger partial charge in [-0.05, 0) is 61.3 Å². The number of hydrogen-bond donors (Lipinski definition) is 2. The van der Waals surface area contributed by atoms with Crippen molar-refractivity contribution in [2.45, 2.75) is 25.3 Å². The first-order chi connectivity index (χ1) is 13.3. The number of ether oxygens (including phenoxy) is 2. The second-order valence-corrected chi connectivity index (χ2v) is 6.43. The molecule has 4 heteroatoms. The lowest BCUT2D eigenvalue weighted by molar-refractivity contribution is 0.417. The zero-order valence-corrected chi connectivity index (χ0v) is 15.4. The summed E-state index contributed by atoms with van der Waals surface area (Å²) in [5.41, 5.74) is 13.0. The molecule has 0 fully saturated rings. The molecule has 4 N–H and O–H groups in total. The minimum atomic E-state index is -0.0551. The fourth-order valence-electron chi connectivity index (χ4n) is 2.83. The summed E-state index contributed by atoms with van der Waals surface area (Å²) in [5, 5.41) is 0. The smallest absolute Gasteiger partial charge is 0.170 e. The van der Waals surface area contributed by atoms with Gasteiger partial charge in [0, 0.05) is 6.04 Å². The molecule has 0 bridgehead atoms. The first-order valence-electron chi connectivity index (χ1n) is 9.31. The molecular weight excluding hydrogens is 336 g/mol. The summed E-state index contributed by atoms with van der Waals surface area (Å²) in [7, 11) is 0. The number of unbranched alkanes of at least 4 members (excludes halogenated alkanes) is 1. The van der Waals surface area contributed by atoms with Crippen molar-refractivity contribution in [1.82, 2.24) is 0 Å². The Balaban J connectivity index is 1.85. The monoisotopic (exact) mass is 362 g/mol. The van der Waals surface area contributed by atoms with Crippen LogP contribution in [0.1, 0.15) is 30.9 Å². The molecule has 0 saturated heterocycles. The topological polar surface area (TPSA) is 70.5 Å². The van der Waals surface area contributed by atoms with E-state index < -0.39 is 0 Å². The lowest BCUT2D eigenvalue weighted by Crippen LogP contribution is -2.11. The summed E-state index contributed by atoms with van der Waals surface area (Å²) in [6.45, 7) is 0.693. The normalized spacial score (nSPS) is 11.8. The highest BCUT2D eigenvalue weighted by Crippen LogP contribution is 2.37. The first kappa shape index (κ1) is 19.0. The second kappa shape index (κ2) is 9.76. The SMILES string of the molecule is NCCCC[C@H](N)c1ccc(Oc2ccccc2)c(Oc2ccccc2)c1. The van der Waals surface area contributed by atoms with Crippen LogP contribution in [0, 0.1) is 0 Å². The molecule has 0 aromatic heterocycles. The van der Waals surface area contributed by atoms with Crippen LogP contribution in [0.2, 0.25) is 0 Å². The highest BCUT2D eigenvalue weighted by molar-refractivity contribution is 5.48. The Labute approximate surface area is 160 Å². The van der Waals surface area contributed by atoms with Crippen molar-refractivity contribution >= 4 is 0 Å². The van der Waals surface area contributed by atoms with Crippen LogP contribution in [-0.4, -0.2) is 6.54 Å². The summed E-state index contributed by atoms with van der Waals surface area (Å²) in [5.74, 6) is 2.82. The van der Waals surface area contributed by atoms with Gasteiger partial charge >= 0.3 is 0 Å². The van der Waals surface area contributed by atoms with E-state index in [1.807, 2.05) is 78.9 Å². The molecule has 3 rings (SSSR count). The Morgan fingerprint density at radius 2 is 1.30 bits per heavy atom. The third kappa shape index (κ3) is 5.58. The minimum absolute atomic E-state index is 0.0551. The van der Waals surface area contributed by atoms with Crippen molar-refractivity contribution in [2.24, 2.45) is 11.5 Å². The fourth-order valence-corrected chi connectivity index (χ4v) is 2.83. The van der Waals surface area contributed by atoms with Gasteiger partial charge in [0.15, 0.2) is 11.5 Å². The van der Waals surface area contributed by atoms with Gasteiger partial charge in [0.05, 0.1) is 0 Å². The van der Waals surface area contributed by atoms with Crippen LogP contribution in [0.5, 0.6) is 23.0 Å². The molecule has 4 nitrogen and oxygen atoms in total. The predicted molar refractivity (Wildman–Crippen MR) is 109 cm³/mol. The van der Waals surface area contributed by atoms with Crippen molar-refractivity contribution in [3.05, 3.63) is 84.4 Å². The maximum atomic E-state index is 6.36. The van der Waals surface area contributed by atoms with Gasteiger partial charge < -0.3 is 20.9 Å². The average molecular weight is 362 g/mol. The fraction of sp³-hybridized carbons (Fsp3) is 0.217. The summed E-state index contributed by atoms with van der Waals surface area (Å²) in [4.78, 5) is 0. The van der Waals surface area contributed by atoms with E-state index >= 15 is 0 Å². The van der Waals surface area contributed by atoms with E-state index in [2.05, 4.69) is 0 Å². The second-order valence-electron chi connectivity index (χ2n) is 6.43. The quantitative estimate of drug-likeness (QED) is 0.500. The Morgan fingerprint density at radius 3 is 1.89 bits per heavy atom. The molecule has 0 aliphatic carbocycles. The van der Waals surface area contributed by atoms with Gasteiger partial charge in [-0.3, -0.25) is 0 Å². The van der Waals surface area contributed by atoms with Crippen LogP contribution in [0.3, 0.4) is 0 Å². The number of hydrogen-bond acceptors (Lipinski definition) is 4. The first-order valence-corrected chi connectivity index (χ1v) is 9.31. The van der Waals surface area contributed by atoms with E-state index in [0.717, 1.165) is 36.3 Å². The number of para-hydroxylation sites is 2. The van der Waals surface area contributed by atoms with Gasteiger partial charge in [0.25, 0.3) is 0 Å². The van der Waals surface area contributed by atoms with E-state index in [4.69, 9.17) is 20.9 Å². The minimum Gasteiger partial charge on any atom is -0.453 e. The number of nitrogens with two attached hydrogens (primary N) is 2. The highest BCUT2D eigenvalue weighted by Gasteiger charge is 2.13. The van der Waals surface area contributed by atoms with E-state index in [-0.39, 0.29) is 6.04 Å². The molecule has 1 atom stereocenters. The Morgan fingerprint density at radius 1 is 0.704 bits per heavy atom. The summed E-state index contributed by atoms with van der Waals surface area (Å²) < 4.78 is 12.1. The van der Waals surface area contributed by atoms with Gasteiger partial charge in [-0.25, -0.2) is 0 Å². The molecule has 0 aliphatic heterocycles. The standard InChI is InChI=1S/C23H26N2O2/c24-16-8-7-13-21(25)18-14-15-22(26-19-9-3-1-4-10-19)23(17-18)27-20-11-5-2-6-12-20/h1-6,9-12,14-15,17,21H,7-8,13,16,24-25H2/t21-/m0/s1. The van der Waals surface area contributed by atoms with Crippen molar-refractivity contribution in [3.63, 3.8) is 0 Å². The van der Waals surface area contributed by atoms with Gasteiger partial charge in [-0.15, -0.1) is 0 Å². The number of rotatable bonds is 9. The molecule has 140 valence electrons. The van der Waals surface area contributed by atoms with Gasteiger partial charge in [-0.2, -0.15) is 0 Å². The van der Waals surface area contributed by atoms with Crippen molar-refractivity contribution in [2.75, 3.05) is 6.54 Å². The molecular formula is C23H26N2O2. The molecule has 0 amide bonds. The molecule has 3 aromatic rings. The largest absolute Gasteiger partial charge is 0.453 e. The van der Waals surface area contributed by atoms with Crippen molar-refractivity contribution < 1.29 is 9.47 Å². The molecule has 27 heavy (non-hydrogen) atoms. The molecule has 0 unspecified atom stereocenters. The van der Waals surface area contributed by atoms with Crippen molar-refractivity contribution in [3.8, 4) is 23.0 Å². The molecule has 3 aromatic carbocycles. The van der Waals surface area contributed by atoms with E-state index in [1.165, 1.54) is 0 Å². The average Bonchev–Trinajstić information content (AvgIpc) is 2.71. The summed E-state index contributed by atoms with van der Waals surface area (Å²) >= 11 is 0. The van der Waals surface area contributed by atoms with Crippen LogP contribution in [-0.2, 0) is 0 Å². The molecule has 0 aliphatic rings. The zero-order valence-electron chi connectivity index (χ0n) is 15.4. The highest BCUT2D eigenvalue weighted by atomic mass is 16.5.